The number of anilines is 1. The van der Waals surface area contributed by atoms with Crippen molar-refractivity contribution in [3.8, 4) is 0 Å². The molecule has 0 saturated carbocycles. The monoisotopic (exact) mass is 303 g/mol. The van der Waals surface area contributed by atoms with Gasteiger partial charge in [0, 0.05) is 31.2 Å². The molecule has 0 unspecified atom stereocenters. The first-order valence-electron chi connectivity index (χ1n) is 8.00. The number of likely N-dealkylation sites (tertiary alicyclic amines) is 1. The fourth-order valence-corrected chi connectivity index (χ4v) is 2.63. The summed E-state index contributed by atoms with van der Waals surface area (Å²) in [7, 11) is 0. The van der Waals surface area contributed by atoms with Crippen LogP contribution in [-0.4, -0.2) is 36.0 Å². The number of aryl methyl sites for hydroxylation is 1. The normalized spacial score (nSPS) is 15.5. The Morgan fingerprint density at radius 2 is 1.82 bits per heavy atom. The van der Waals surface area contributed by atoms with Crippen LogP contribution in [0.25, 0.3) is 0 Å². The molecular formula is C17H25N3O2. The topological polar surface area (TPSA) is 61.4 Å². The SMILES string of the molecule is CCCC(=O)N1CCC(NC(=O)Nc2ccc(C)cc2)CC1. The predicted molar refractivity (Wildman–Crippen MR) is 87.8 cm³/mol. The van der Waals surface area contributed by atoms with E-state index < -0.39 is 0 Å². The van der Waals surface area contributed by atoms with Crippen molar-refractivity contribution in [2.45, 2.75) is 45.6 Å². The summed E-state index contributed by atoms with van der Waals surface area (Å²) in [5.41, 5.74) is 1.95. The molecule has 5 nitrogen and oxygen atoms in total. The van der Waals surface area contributed by atoms with Gasteiger partial charge in [-0.2, -0.15) is 0 Å². The van der Waals surface area contributed by atoms with Crippen LogP contribution in [0.15, 0.2) is 24.3 Å². The molecule has 5 heteroatoms. The molecule has 0 aliphatic carbocycles. The molecule has 1 heterocycles. The van der Waals surface area contributed by atoms with Gasteiger partial charge in [0.25, 0.3) is 0 Å². The molecule has 1 aromatic carbocycles. The van der Waals surface area contributed by atoms with E-state index >= 15 is 0 Å². The molecular weight excluding hydrogens is 278 g/mol. The summed E-state index contributed by atoms with van der Waals surface area (Å²) >= 11 is 0. The van der Waals surface area contributed by atoms with Crippen LogP contribution in [0, 0.1) is 6.92 Å². The fraction of sp³-hybridized carbons (Fsp3) is 0.529. The second-order valence-corrected chi connectivity index (χ2v) is 5.87. The second-order valence-electron chi connectivity index (χ2n) is 5.87. The van der Waals surface area contributed by atoms with Gasteiger partial charge in [-0.15, -0.1) is 0 Å². The highest BCUT2D eigenvalue weighted by Crippen LogP contribution is 2.13. The van der Waals surface area contributed by atoms with E-state index in [4.69, 9.17) is 0 Å². The highest BCUT2D eigenvalue weighted by atomic mass is 16.2. The average molecular weight is 303 g/mol. The Morgan fingerprint density at radius 1 is 1.18 bits per heavy atom. The zero-order chi connectivity index (χ0) is 15.9. The summed E-state index contributed by atoms with van der Waals surface area (Å²) in [5.74, 6) is 0.227. The van der Waals surface area contributed by atoms with Crippen LogP contribution in [0.1, 0.15) is 38.2 Å². The Kier molecular flexibility index (Phi) is 5.81. The van der Waals surface area contributed by atoms with Crippen molar-refractivity contribution >= 4 is 17.6 Å². The average Bonchev–Trinajstić information content (AvgIpc) is 2.50. The minimum absolute atomic E-state index is 0.135. The molecule has 0 bridgehead atoms. The van der Waals surface area contributed by atoms with E-state index in [1.807, 2.05) is 43.0 Å². The zero-order valence-corrected chi connectivity index (χ0v) is 13.4. The lowest BCUT2D eigenvalue weighted by molar-refractivity contribution is -0.132. The van der Waals surface area contributed by atoms with Gasteiger partial charge < -0.3 is 15.5 Å². The molecule has 2 rings (SSSR count). The molecule has 1 aliphatic heterocycles. The molecule has 1 saturated heterocycles. The summed E-state index contributed by atoms with van der Waals surface area (Å²) < 4.78 is 0. The van der Waals surface area contributed by atoms with Crippen LogP contribution >= 0.6 is 0 Å². The molecule has 22 heavy (non-hydrogen) atoms. The Hall–Kier alpha value is -2.04. The van der Waals surface area contributed by atoms with Crippen LogP contribution in [0.3, 0.4) is 0 Å². The fourth-order valence-electron chi connectivity index (χ4n) is 2.63. The third-order valence-corrected chi connectivity index (χ3v) is 3.96. The van der Waals surface area contributed by atoms with Gasteiger partial charge in [0.2, 0.25) is 5.91 Å². The quantitative estimate of drug-likeness (QED) is 0.898. The molecule has 2 N–H and O–H groups in total. The van der Waals surface area contributed by atoms with Gasteiger partial charge in [0.1, 0.15) is 0 Å². The standard InChI is InChI=1S/C17H25N3O2/c1-3-4-16(21)20-11-9-15(10-12-20)19-17(22)18-14-7-5-13(2)6-8-14/h5-8,15H,3-4,9-12H2,1-2H3,(H2,18,19,22). The van der Waals surface area contributed by atoms with Crippen molar-refractivity contribution in [1.29, 1.82) is 0 Å². The Balaban J connectivity index is 1.74. The van der Waals surface area contributed by atoms with Crippen LogP contribution in [0.5, 0.6) is 0 Å². The number of urea groups is 1. The molecule has 1 fully saturated rings. The molecule has 0 spiro atoms. The zero-order valence-electron chi connectivity index (χ0n) is 13.4. The first-order chi connectivity index (χ1) is 10.6. The van der Waals surface area contributed by atoms with E-state index in [0.717, 1.165) is 43.6 Å². The van der Waals surface area contributed by atoms with Gasteiger partial charge >= 0.3 is 6.03 Å². The minimum atomic E-state index is -0.179. The number of hydrogen-bond donors (Lipinski definition) is 2. The number of nitrogens with zero attached hydrogens (tertiary/aromatic N) is 1. The van der Waals surface area contributed by atoms with Crippen molar-refractivity contribution in [2.75, 3.05) is 18.4 Å². The lowest BCUT2D eigenvalue weighted by atomic mass is 10.0. The summed E-state index contributed by atoms with van der Waals surface area (Å²) in [4.78, 5) is 25.7. The molecule has 0 radical (unpaired) electrons. The maximum atomic E-state index is 12.0. The van der Waals surface area contributed by atoms with Gasteiger partial charge in [-0.05, 0) is 38.3 Å². The van der Waals surface area contributed by atoms with Crippen LogP contribution in [0.2, 0.25) is 0 Å². The van der Waals surface area contributed by atoms with E-state index in [2.05, 4.69) is 10.6 Å². The molecule has 1 aromatic rings. The summed E-state index contributed by atoms with van der Waals surface area (Å²) in [6.07, 6.45) is 3.13. The van der Waals surface area contributed by atoms with E-state index in [1.54, 1.807) is 0 Å². The second kappa shape index (κ2) is 7.82. The lowest BCUT2D eigenvalue weighted by Gasteiger charge is -2.32. The number of benzene rings is 1. The van der Waals surface area contributed by atoms with Crippen LogP contribution in [-0.2, 0) is 4.79 Å². The largest absolute Gasteiger partial charge is 0.343 e. The van der Waals surface area contributed by atoms with Crippen LogP contribution in [0.4, 0.5) is 10.5 Å². The number of nitrogens with one attached hydrogen (secondary N) is 2. The first-order valence-corrected chi connectivity index (χ1v) is 8.00. The number of carbonyl (C=O) groups is 2. The van der Waals surface area contributed by atoms with E-state index in [9.17, 15) is 9.59 Å². The van der Waals surface area contributed by atoms with Crippen molar-refractivity contribution in [2.24, 2.45) is 0 Å². The highest BCUT2D eigenvalue weighted by Gasteiger charge is 2.23. The van der Waals surface area contributed by atoms with Crippen LogP contribution < -0.4 is 10.6 Å². The number of hydrogen-bond acceptors (Lipinski definition) is 2. The van der Waals surface area contributed by atoms with Crippen molar-refractivity contribution in [3.05, 3.63) is 29.8 Å². The number of rotatable bonds is 4. The lowest BCUT2D eigenvalue weighted by Crippen LogP contribution is -2.47. The molecule has 120 valence electrons. The molecule has 0 aromatic heterocycles. The summed E-state index contributed by atoms with van der Waals surface area (Å²) in [5, 5.41) is 5.83. The summed E-state index contributed by atoms with van der Waals surface area (Å²) in [6.45, 7) is 5.49. The Bertz CT molecular complexity index is 505. The Labute approximate surface area is 132 Å². The first kappa shape index (κ1) is 16.3. The maximum absolute atomic E-state index is 12.0. The number of carbonyl (C=O) groups excluding carboxylic acids is 2. The van der Waals surface area contributed by atoms with E-state index in [0.29, 0.717) is 6.42 Å². The number of piperidine rings is 1. The molecule has 3 amide bonds. The van der Waals surface area contributed by atoms with Crippen molar-refractivity contribution < 1.29 is 9.59 Å². The maximum Gasteiger partial charge on any atom is 0.319 e. The van der Waals surface area contributed by atoms with Crippen molar-refractivity contribution in [1.82, 2.24) is 10.2 Å². The molecule has 1 aliphatic rings. The Morgan fingerprint density at radius 3 is 2.41 bits per heavy atom. The van der Waals surface area contributed by atoms with E-state index in [-0.39, 0.29) is 18.0 Å². The third-order valence-electron chi connectivity index (χ3n) is 3.96. The smallest absolute Gasteiger partial charge is 0.319 e. The molecule has 0 atom stereocenters. The van der Waals surface area contributed by atoms with Gasteiger partial charge in [0.15, 0.2) is 0 Å². The number of amides is 3. The highest BCUT2D eigenvalue weighted by molar-refractivity contribution is 5.89. The predicted octanol–water partition coefficient (Wildman–Crippen LogP) is 2.91. The van der Waals surface area contributed by atoms with Gasteiger partial charge in [-0.1, -0.05) is 24.6 Å². The van der Waals surface area contributed by atoms with Crippen molar-refractivity contribution in [3.63, 3.8) is 0 Å². The third kappa shape index (κ3) is 4.76. The van der Waals surface area contributed by atoms with E-state index in [1.165, 1.54) is 0 Å². The summed E-state index contributed by atoms with van der Waals surface area (Å²) in [6, 6.07) is 7.67. The van der Waals surface area contributed by atoms with Gasteiger partial charge in [-0.3, -0.25) is 4.79 Å². The van der Waals surface area contributed by atoms with Gasteiger partial charge in [0.05, 0.1) is 0 Å². The van der Waals surface area contributed by atoms with Gasteiger partial charge in [-0.25, -0.2) is 4.79 Å². The minimum Gasteiger partial charge on any atom is -0.343 e.